The molecule has 4 aromatic rings. The number of rotatable bonds is 5. The fraction of sp³-hybridized carbons (Fsp3) is 0.370. The Labute approximate surface area is 209 Å². The molecular weight excluding hydrogens is 460 g/mol. The molecule has 1 aliphatic heterocycles. The monoisotopic (exact) mass is 488 g/mol. The van der Waals surface area contributed by atoms with Gasteiger partial charge in [-0.3, -0.25) is 4.79 Å². The lowest BCUT2D eigenvalue weighted by molar-refractivity contribution is -0.138. The lowest BCUT2D eigenvalue weighted by Gasteiger charge is -2.44. The number of H-pyrrole nitrogens is 1. The second-order valence-corrected chi connectivity index (χ2v) is 10.3. The third-order valence-electron chi connectivity index (χ3n) is 8.03. The maximum atomic E-state index is 13.3. The summed E-state index contributed by atoms with van der Waals surface area (Å²) >= 11 is 6.26. The summed E-state index contributed by atoms with van der Waals surface area (Å²) in [6.45, 7) is 1.39. The maximum Gasteiger partial charge on any atom is 0.243 e. The first-order valence-electron chi connectivity index (χ1n) is 12.3. The molecule has 1 fully saturated rings. The van der Waals surface area contributed by atoms with Gasteiger partial charge in [0.15, 0.2) is 5.82 Å². The Bertz CT molecular complexity index is 1380. The van der Waals surface area contributed by atoms with Crippen LogP contribution in [-0.2, 0) is 29.7 Å². The number of nitrogens with zero attached hydrogens (tertiary/aromatic N) is 4. The number of halogens is 1. The first-order chi connectivity index (χ1) is 17.1. The highest BCUT2D eigenvalue weighted by Gasteiger charge is 2.40. The van der Waals surface area contributed by atoms with Crippen LogP contribution in [0.4, 0.5) is 0 Å². The number of aromatic nitrogens is 4. The summed E-state index contributed by atoms with van der Waals surface area (Å²) in [5, 5.41) is 10.9. The van der Waals surface area contributed by atoms with Crippen molar-refractivity contribution in [2.75, 3.05) is 6.54 Å². The van der Waals surface area contributed by atoms with Gasteiger partial charge in [0.1, 0.15) is 12.4 Å². The molecule has 1 aliphatic carbocycles. The van der Waals surface area contributed by atoms with Gasteiger partial charge in [0.05, 0.1) is 6.54 Å². The largest absolute Gasteiger partial charge is 0.361 e. The van der Waals surface area contributed by atoms with Crippen LogP contribution in [0.15, 0.2) is 54.7 Å². The van der Waals surface area contributed by atoms with Gasteiger partial charge in [-0.15, -0.1) is 10.2 Å². The van der Waals surface area contributed by atoms with Crippen LogP contribution >= 0.6 is 11.6 Å². The van der Waals surface area contributed by atoms with Crippen molar-refractivity contribution >= 4 is 28.4 Å². The molecule has 8 heteroatoms. The highest BCUT2D eigenvalue weighted by atomic mass is 35.5. The molecule has 3 heterocycles. The van der Waals surface area contributed by atoms with Gasteiger partial charge in [-0.1, -0.05) is 41.9 Å². The topological polar surface area (TPSA) is 92.8 Å². The van der Waals surface area contributed by atoms with Gasteiger partial charge in [0.25, 0.3) is 0 Å². The molecule has 0 spiro atoms. The molecule has 1 amide bonds. The van der Waals surface area contributed by atoms with Crippen molar-refractivity contribution < 1.29 is 4.79 Å². The molecule has 1 saturated carbocycles. The molecule has 0 atom stereocenters. The number of carbonyl (C=O) groups is 1. The van der Waals surface area contributed by atoms with Crippen molar-refractivity contribution in [1.29, 1.82) is 0 Å². The molecule has 2 aliphatic rings. The average molecular weight is 489 g/mol. The predicted molar refractivity (Wildman–Crippen MR) is 136 cm³/mol. The van der Waals surface area contributed by atoms with Crippen LogP contribution in [0, 0.1) is 0 Å². The summed E-state index contributed by atoms with van der Waals surface area (Å²) < 4.78 is 2.00. The van der Waals surface area contributed by atoms with Gasteiger partial charge in [-0.2, -0.15) is 0 Å². The molecule has 7 nitrogen and oxygen atoms in total. The fourth-order valence-electron chi connectivity index (χ4n) is 5.95. The van der Waals surface area contributed by atoms with E-state index in [4.69, 9.17) is 17.3 Å². The van der Waals surface area contributed by atoms with E-state index in [0.717, 1.165) is 53.4 Å². The zero-order chi connectivity index (χ0) is 24.0. The van der Waals surface area contributed by atoms with E-state index in [9.17, 15) is 4.79 Å². The Morgan fingerprint density at radius 3 is 2.71 bits per heavy atom. The molecule has 35 heavy (non-hydrogen) atoms. The molecule has 2 aromatic carbocycles. The zero-order valence-electron chi connectivity index (χ0n) is 19.6. The van der Waals surface area contributed by atoms with Gasteiger partial charge < -0.3 is 20.2 Å². The van der Waals surface area contributed by atoms with Gasteiger partial charge in [0.2, 0.25) is 5.91 Å². The molecule has 0 radical (unpaired) electrons. The molecular formula is C27H29ClN6O. The van der Waals surface area contributed by atoms with Crippen molar-refractivity contribution in [3.8, 4) is 0 Å². The Balaban J connectivity index is 1.17. The first kappa shape index (κ1) is 22.3. The SMILES string of the molecule is NC[C@]1(c2cccc(Cl)c2)CC[C@H](N2Cc3nnc(Cc4c[nH]c5ccccc45)n3CC2=O)CC1. The molecule has 3 N–H and O–H groups in total. The normalized spacial score (nSPS) is 22.5. The second-order valence-electron chi connectivity index (χ2n) is 9.90. The third kappa shape index (κ3) is 3.93. The van der Waals surface area contributed by atoms with E-state index in [1.54, 1.807) is 0 Å². The number of nitrogens with two attached hydrogens (primary N) is 1. The van der Waals surface area contributed by atoms with Crippen LogP contribution in [0.5, 0.6) is 0 Å². The lowest BCUT2D eigenvalue weighted by Crippen LogP contribution is -2.50. The van der Waals surface area contributed by atoms with Crippen molar-refractivity contribution in [3.05, 3.63) is 82.5 Å². The Morgan fingerprint density at radius 1 is 1.09 bits per heavy atom. The van der Waals surface area contributed by atoms with E-state index in [2.05, 4.69) is 33.4 Å². The Hall–Kier alpha value is -3.16. The standard InChI is InChI=1S/C27H29ClN6O/c28-20-5-3-4-19(13-20)27(17-29)10-8-21(9-11-27)33-15-25-32-31-24(34(25)16-26(33)35)12-18-14-30-23-7-2-1-6-22(18)23/h1-7,13-14,21,30H,8-12,15-17,29H2/t21-,27-. The van der Waals surface area contributed by atoms with Crippen molar-refractivity contribution in [2.45, 2.75) is 56.7 Å². The third-order valence-corrected chi connectivity index (χ3v) is 8.27. The number of hydrogen-bond donors (Lipinski definition) is 2. The molecule has 2 aromatic heterocycles. The van der Waals surface area contributed by atoms with Crippen LogP contribution < -0.4 is 5.73 Å². The fourth-order valence-corrected chi connectivity index (χ4v) is 6.14. The van der Waals surface area contributed by atoms with E-state index in [0.29, 0.717) is 26.1 Å². The number of aromatic amines is 1. The highest BCUT2D eigenvalue weighted by Crippen LogP contribution is 2.41. The Morgan fingerprint density at radius 2 is 1.91 bits per heavy atom. The molecule has 0 saturated heterocycles. The summed E-state index contributed by atoms with van der Waals surface area (Å²) in [6.07, 6.45) is 6.40. The highest BCUT2D eigenvalue weighted by molar-refractivity contribution is 6.30. The predicted octanol–water partition coefficient (Wildman–Crippen LogP) is 4.19. The summed E-state index contributed by atoms with van der Waals surface area (Å²) in [6, 6.07) is 16.5. The smallest absolute Gasteiger partial charge is 0.243 e. The number of hydrogen-bond acceptors (Lipinski definition) is 4. The molecule has 6 rings (SSSR count). The minimum Gasteiger partial charge on any atom is -0.361 e. The summed E-state index contributed by atoms with van der Waals surface area (Å²) in [7, 11) is 0. The number of amides is 1. The summed E-state index contributed by atoms with van der Waals surface area (Å²) in [5.74, 6) is 1.85. The second kappa shape index (κ2) is 8.81. The van der Waals surface area contributed by atoms with E-state index in [-0.39, 0.29) is 17.4 Å². The first-order valence-corrected chi connectivity index (χ1v) is 12.7. The number of para-hydroxylation sites is 1. The average Bonchev–Trinajstić information content (AvgIpc) is 3.48. The number of benzene rings is 2. The van der Waals surface area contributed by atoms with E-state index in [1.807, 2.05) is 46.0 Å². The molecule has 0 unspecified atom stereocenters. The summed E-state index contributed by atoms with van der Waals surface area (Å²) in [4.78, 5) is 18.6. The number of fused-ring (bicyclic) bond motifs is 2. The van der Waals surface area contributed by atoms with Crippen LogP contribution in [0.3, 0.4) is 0 Å². The minimum atomic E-state index is -0.0766. The van der Waals surface area contributed by atoms with Gasteiger partial charge in [-0.05, 0) is 55.0 Å². The van der Waals surface area contributed by atoms with Gasteiger partial charge in [0, 0.05) is 46.5 Å². The Kier molecular flexibility index (Phi) is 5.61. The van der Waals surface area contributed by atoms with E-state index >= 15 is 0 Å². The maximum absolute atomic E-state index is 13.3. The van der Waals surface area contributed by atoms with Gasteiger partial charge >= 0.3 is 0 Å². The van der Waals surface area contributed by atoms with Crippen LogP contribution in [0.25, 0.3) is 10.9 Å². The summed E-state index contributed by atoms with van der Waals surface area (Å²) in [5.41, 5.74) is 9.68. The lowest BCUT2D eigenvalue weighted by atomic mass is 9.68. The molecule has 0 bridgehead atoms. The van der Waals surface area contributed by atoms with E-state index < -0.39 is 0 Å². The number of carbonyl (C=O) groups excluding carboxylic acids is 1. The quantitative estimate of drug-likeness (QED) is 0.440. The van der Waals surface area contributed by atoms with Crippen LogP contribution in [-0.4, -0.2) is 43.1 Å². The minimum absolute atomic E-state index is 0.0766. The van der Waals surface area contributed by atoms with Crippen molar-refractivity contribution in [1.82, 2.24) is 24.6 Å². The van der Waals surface area contributed by atoms with Crippen molar-refractivity contribution in [3.63, 3.8) is 0 Å². The zero-order valence-corrected chi connectivity index (χ0v) is 20.3. The number of nitrogens with one attached hydrogen (secondary N) is 1. The van der Waals surface area contributed by atoms with Crippen molar-refractivity contribution in [2.24, 2.45) is 5.73 Å². The van der Waals surface area contributed by atoms with Crippen LogP contribution in [0.1, 0.15) is 48.5 Å². The van der Waals surface area contributed by atoms with E-state index in [1.165, 1.54) is 10.9 Å². The molecule has 180 valence electrons. The van der Waals surface area contributed by atoms with Gasteiger partial charge in [-0.25, -0.2) is 0 Å². The van der Waals surface area contributed by atoms with Crippen LogP contribution in [0.2, 0.25) is 5.02 Å².